The molecular formula is C12H18N2O4. The Kier molecular flexibility index (Phi) is 4.94. The molecule has 18 heavy (non-hydrogen) atoms. The molecule has 0 aliphatic rings. The summed E-state index contributed by atoms with van der Waals surface area (Å²) in [5, 5.41) is 18.7. The van der Waals surface area contributed by atoms with E-state index in [1.807, 2.05) is 0 Å². The van der Waals surface area contributed by atoms with Crippen LogP contribution in [-0.2, 0) is 4.74 Å². The van der Waals surface area contributed by atoms with Crippen LogP contribution < -0.4 is 5.73 Å². The van der Waals surface area contributed by atoms with Crippen molar-refractivity contribution in [3.8, 4) is 11.5 Å². The van der Waals surface area contributed by atoms with Crippen LogP contribution in [0.5, 0.6) is 11.5 Å². The second-order valence-electron chi connectivity index (χ2n) is 4.10. The van der Waals surface area contributed by atoms with Crippen LogP contribution in [0.25, 0.3) is 0 Å². The highest BCUT2D eigenvalue weighted by Gasteiger charge is 2.18. The molecular weight excluding hydrogens is 236 g/mol. The summed E-state index contributed by atoms with van der Waals surface area (Å²) in [6.07, 6.45) is 0. The van der Waals surface area contributed by atoms with Gasteiger partial charge in [-0.3, -0.25) is 4.79 Å². The minimum Gasteiger partial charge on any atom is -0.508 e. The van der Waals surface area contributed by atoms with Crippen LogP contribution in [0.1, 0.15) is 10.4 Å². The molecule has 0 bridgehead atoms. The van der Waals surface area contributed by atoms with Gasteiger partial charge in [0.2, 0.25) is 0 Å². The van der Waals surface area contributed by atoms with Crippen molar-refractivity contribution in [3.63, 3.8) is 0 Å². The molecule has 6 heteroatoms. The van der Waals surface area contributed by atoms with E-state index in [0.717, 1.165) is 6.07 Å². The topological polar surface area (TPSA) is 96.0 Å². The molecule has 0 fully saturated rings. The summed E-state index contributed by atoms with van der Waals surface area (Å²) in [7, 11) is 3.12. The average Bonchev–Trinajstić information content (AvgIpc) is 2.28. The average molecular weight is 254 g/mol. The van der Waals surface area contributed by atoms with Gasteiger partial charge in [-0.05, 0) is 12.1 Å². The number of hydrogen-bond donors (Lipinski definition) is 3. The van der Waals surface area contributed by atoms with Crippen molar-refractivity contribution in [1.82, 2.24) is 4.90 Å². The zero-order chi connectivity index (χ0) is 13.7. The summed E-state index contributed by atoms with van der Waals surface area (Å²) in [6.45, 7) is 0.659. The number of ether oxygens (including phenoxy) is 1. The Balaban J connectivity index is 2.74. The molecule has 0 saturated heterocycles. The number of amides is 1. The van der Waals surface area contributed by atoms with Crippen molar-refractivity contribution in [1.29, 1.82) is 0 Å². The molecule has 0 spiro atoms. The van der Waals surface area contributed by atoms with E-state index in [9.17, 15) is 9.90 Å². The highest BCUT2D eigenvalue weighted by Crippen LogP contribution is 2.23. The summed E-state index contributed by atoms with van der Waals surface area (Å²) in [5.41, 5.74) is 5.87. The highest BCUT2D eigenvalue weighted by molar-refractivity contribution is 5.96. The Hall–Kier alpha value is -1.79. The van der Waals surface area contributed by atoms with Crippen LogP contribution in [0.15, 0.2) is 18.2 Å². The van der Waals surface area contributed by atoms with Gasteiger partial charge in [0.1, 0.15) is 11.5 Å². The fourth-order valence-electron chi connectivity index (χ4n) is 1.61. The molecule has 0 aromatic heterocycles. The van der Waals surface area contributed by atoms with Crippen LogP contribution in [0.3, 0.4) is 0 Å². The minimum absolute atomic E-state index is 0.0946. The molecule has 0 aliphatic carbocycles. The molecule has 100 valence electrons. The smallest absolute Gasteiger partial charge is 0.257 e. The number of carbonyl (C=O) groups excluding carboxylic acids is 1. The van der Waals surface area contributed by atoms with Crippen LogP contribution >= 0.6 is 0 Å². The molecule has 1 atom stereocenters. The van der Waals surface area contributed by atoms with E-state index in [4.69, 9.17) is 15.6 Å². The van der Waals surface area contributed by atoms with Crippen molar-refractivity contribution in [3.05, 3.63) is 23.8 Å². The normalized spacial score (nSPS) is 12.2. The number of benzene rings is 1. The summed E-state index contributed by atoms with van der Waals surface area (Å²) < 4.78 is 4.88. The van der Waals surface area contributed by atoms with Gasteiger partial charge in [-0.25, -0.2) is 0 Å². The van der Waals surface area contributed by atoms with E-state index in [1.165, 1.54) is 24.1 Å². The van der Waals surface area contributed by atoms with Gasteiger partial charge in [0.05, 0.1) is 12.2 Å². The molecule has 0 heterocycles. The molecule has 0 radical (unpaired) electrons. The molecule has 1 amide bonds. The molecule has 1 unspecified atom stereocenters. The van der Waals surface area contributed by atoms with E-state index in [1.54, 1.807) is 7.05 Å². The predicted molar refractivity (Wildman–Crippen MR) is 66.6 cm³/mol. The molecule has 6 nitrogen and oxygen atoms in total. The van der Waals surface area contributed by atoms with E-state index < -0.39 is 0 Å². The van der Waals surface area contributed by atoms with E-state index in [-0.39, 0.29) is 29.0 Å². The molecule has 1 rings (SSSR count). The summed E-state index contributed by atoms with van der Waals surface area (Å²) in [6, 6.07) is 3.54. The van der Waals surface area contributed by atoms with Gasteiger partial charge in [0.15, 0.2) is 0 Å². The lowest BCUT2D eigenvalue weighted by Gasteiger charge is -2.21. The van der Waals surface area contributed by atoms with E-state index in [0.29, 0.717) is 13.2 Å². The number of likely N-dealkylation sites (N-methyl/N-ethyl adjacent to an activating group) is 1. The Morgan fingerprint density at radius 3 is 2.72 bits per heavy atom. The Morgan fingerprint density at radius 2 is 2.17 bits per heavy atom. The largest absolute Gasteiger partial charge is 0.508 e. The fraction of sp³-hybridized carbons (Fsp3) is 0.417. The quantitative estimate of drug-likeness (QED) is 0.694. The van der Waals surface area contributed by atoms with Gasteiger partial charge in [0.25, 0.3) is 5.91 Å². The lowest BCUT2D eigenvalue weighted by Crippen LogP contribution is -2.41. The highest BCUT2D eigenvalue weighted by atomic mass is 16.5. The molecule has 1 aromatic rings. The Bertz CT molecular complexity index is 423. The van der Waals surface area contributed by atoms with Crippen molar-refractivity contribution in [2.45, 2.75) is 6.04 Å². The van der Waals surface area contributed by atoms with Gasteiger partial charge in [-0.1, -0.05) is 0 Å². The molecule has 4 N–H and O–H groups in total. The van der Waals surface area contributed by atoms with Crippen molar-refractivity contribution >= 4 is 5.91 Å². The van der Waals surface area contributed by atoms with Gasteiger partial charge >= 0.3 is 0 Å². The number of phenols is 2. The minimum atomic E-state index is -0.362. The number of methoxy groups -OCH3 is 1. The zero-order valence-electron chi connectivity index (χ0n) is 10.5. The fourth-order valence-corrected chi connectivity index (χ4v) is 1.61. The van der Waals surface area contributed by atoms with Gasteiger partial charge < -0.3 is 25.6 Å². The first-order chi connectivity index (χ1) is 8.45. The van der Waals surface area contributed by atoms with Gasteiger partial charge in [0, 0.05) is 32.8 Å². The standard InChI is InChI=1S/C12H18N2O4/c1-14(6-8(13)7-18-2)12(17)10-4-3-9(15)5-11(10)16/h3-5,8,15-16H,6-7,13H2,1-2H3. The maximum Gasteiger partial charge on any atom is 0.257 e. The van der Waals surface area contributed by atoms with Crippen molar-refractivity contribution in [2.24, 2.45) is 5.73 Å². The number of aromatic hydroxyl groups is 2. The molecule has 1 aromatic carbocycles. The summed E-state index contributed by atoms with van der Waals surface area (Å²) in [5.74, 6) is -0.714. The van der Waals surface area contributed by atoms with Crippen molar-refractivity contribution < 1.29 is 19.7 Å². The molecule has 0 aliphatic heterocycles. The maximum absolute atomic E-state index is 12.0. The number of nitrogens with zero attached hydrogens (tertiary/aromatic N) is 1. The van der Waals surface area contributed by atoms with Crippen LogP contribution in [0, 0.1) is 0 Å². The lowest BCUT2D eigenvalue weighted by molar-refractivity contribution is 0.0761. The summed E-state index contributed by atoms with van der Waals surface area (Å²) in [4.78, 5) is 13.4. The first kappa shape index (κ1) is 14.3. The van der Waals surface area contributed by atoms with Crippen LogP contribution in [-0.4, -0.2) is 54.4 Å². The van der Waals surface area contributed by atoms with Gasteiger partial charge in [-0.2, -0.15) is 0 Å². The third-order valence-electron chi connectivity index (χ3n) is 2.45. The SMILES string of the molecule is COCC(N)CN(C)C(=O)c1ccc(O)cc1O. The van der Waals surface area contributed by atoms with Crippen LogP contribution in [0.2, 0.25) is 0 Å². The predicted octanol–water partition coefficient (Wildman–Crippen LogP) is 0.144. The maximum atomic E-state index is 12.0. The number of rotatable bonds is 5. The van der Waals surface area contributed by atoms with E-state index >= 15 is 0 Å². The monoisotopic (exact) mass is 254 g/mol. The Labute approximate surface area is 106 Å². The van der Waals surface area contributed by atoms with E-state index in [2.05, 4.69) is 0 Å². The number of phenolic OH excluding ortho intramolecular Hbond substituents is 2. The van der Waals surface area contributed by atoms with Crippen molar-refractivity contribution in [2.75, 3.05) is 27.3 Å². The zero-order valence-corrected chi connectivity index (χ0v) is 10.5. The molecule has 0 saturated carbocycles. The lowest BCUT2D eigenvalue weighted by atomic mass is 10.1. The number of hydrogen-bond acceptors (Lipinski definition) is 5. The first-order valence-corrected chi connectivity index (χ1v) is 5.47. The summed E-state index contributed by atoms with van der Waals surface area (Å²) >= 11 is 0. The second kappa shape index (κ2) is 6.23. The van der Waals surface area contributed by atoms with Crippen LogP contribution in [0.4, 0.5) is 0 Å². The third-order valence-corrected chi connectivity index (χ3v) is 2.45. The number of nitrogens with two attached hydrogens (primary N) is 1. The second-order valence-corrected chi connectivity index (χ2v) is 4.10. The first-order valence-electron chi connectivity index (χ1n) is 5.47. The third kappa shape index (κ3) is 3.61. The number of carbonyl (C=O) groups is 1. The Morgan fingerprint density at radius 1 is 1.50 bits per heavy atom. The van der Waals surface area contributed by atoms with Gasteiger partial charge in [-0.15, -0.1) is 0 Å².